The van der Waals surface area contributed by atoms with Crippen molar-refractivity contribution >= 4 is 5.69 Å². The standard InChI is InChI=1S/C12H21N3/c1-8-6-11(15-12(3,4)5)10(7-13)9(2)14-8/h6H,7,13H2,1-5H3,(H,14,15). The molecule has 0 amide bonds. The molecule has 3 heteroatoms. The first kappa shape index (κ1) is 12.0. The summed E-state index contributed by atoms with van der Waals surface area (Å²) in [6.45, 7) is 10.9. The second-order valence-electron chi connectivity index (χ2n) is 4.95. The van der Waals surface area contributed by atoms with E-state index in [-0.39, 0.29) is 5.54 Å². The van der Waals surface area contributed by atoms with Crippen LogP contribution < -0.4 is 11.1 Å². The van der Waals surface area contributed by atoms with Gasteiger partial charge in [-0.2, -0.15) is 0 Å². The van der Waals surface area contributed by atoms with Crippen molar-refractivity contribution in [3.05, 3.63) is 23.0 Å². The summed E-state index contributed by atoms with van der Waals surface area (Å²) in [6.07, 6.45) is 0. The smallest absolute Gasteiger partial charge is 0.0441 e. The predicted molar refractivity (Wildman–Crippen MR) is 65.0 cm³/mol. The minimum absolute atomic E-state index is 0.0458. The van der Waals surface area contributed by atoms with Crippen LogP contribution in [0.4, 0.5) is 5.69 Å². The molecule has 3 N–H and O–H groups in total. The van der Waals surface area contributed by atoms with Gasteiger partial charge in [-0.15, -0.1) is 0 Å². The number of hydrogen-bond acceptors (Lipinski definition) is 3. The fourth-order valence-corrected chi connectivity index (χ4v) is 1.63. The van der Waals surface area contributed by atoms with Crippen LogP contribution in [0.5, 0.6) is 0 Å². The average molecular weight is 207 g/mol. The van der Waals surface area contributed by atoms with Gasteiger partial charge < -0.3 is 11.1 Å². The maximum atomic E-state index is 5.74. The summed E-state index contributed by atoms with van der Waals surface area (Å²) in [4.78, 5) is 4.42. The topological polar surface area (TPSA) is 50.9 Å². The zero-order valence-corrected chi connectivity index (χ0v) is 10.3. The van der Waals surface area contributed by atoms with Crippen LogP contribution in [0.15, 0.2) is 6.07 Å². The van der Waals surface area contributed by atoms with Crippen LogP contribution in [0, 0.1) is 13.8 Å². The van der Waals surface area contributed by atoms with Gasteiger partial charge in [-0.25, -0.2) is 0 Å². The van der Waals surface area contributed by atoms with Crippen LogP contribution in [-0.4, -0.2) is 10.5 Å². The van der Waals surface area contributed by atoms with Gasteiger partial charge in [0.05, 0.1) is 0 Å². The fraction of sp³-hybridized carbons (Fsp3) is 0.583. The number of aromatic nitrogens is 1. The van der Waals surface area contributed by atoms with E-state index in [0.717, 1.165) is 22.6 Å². The number of nitrogens with one attached hydrogen (secondary N) is 1. The van der Waals surface area contributed by atoms with E-state index in [1.807, 2.05) is 13.8 Å². The lowest BCUT2D eigenvalue weighted by molar-refractivity contribution is 0.632. The summed E-state index contributed by atoms with van der Waals surface area (Å²) < 4.78 is 0. The van der Waals surface area contributed by atoms with Gasteiger partial charge >= 0.3 is 0 Å². The Hall–Kier alpha value is -1.09. The summed E-state index contributed by atoms with van der Waals surface area (Å²) in [5.74, 6) is 0. The first-order valence-corrected chi connectivity index (χ1v) is 5.29. The summed E-state index contributed by atoms with van der Waals surface area (Å²) in [5, 5.41) is 3.46. The average Bonchev–Trinajstić information content (AvgIpc) is 1.99. The van der Waals surface area contributed by atoms with Gasteiger partial charge in [0.1, 0.15) is 0 Å². The largest absolute Gasteiger partial charge is 0.380 e. The summed E-state index contributed by atoms with van der Waals surface area (Å²) in [7, 11) is 0. The molecule has 1 heterocycles. The molecule has 0 radical (unpaired) electrons. The van der Waals surface area contributed by atoms with Crippen LogP contribution in [0.25, 0.3) is 0 Å². The van der Waals surface area contributed by atoms with E-state index in [9.17, 15) is 0 Å². The van der Waals surface area contributed by atoms with Gasteiger partial charge in [-0.05, 0) is 40.7 Å². The molecule has 0 aromatic carbocycles. The van der Waals surface area contributed by atoms with Crippen molar-refractivity contribution < 1.29 is 0 Å². The van der Waals surface area contributed by atoms with Gasteiger partial charge in [0.25, 0.3) is 0 Å². The molecule has 84 valence electrons. The van der Waals surface area contributed by atoms with E-state index in [2.05, 4.69) is 37.1 Å². The molecule has 0 saturated heterocycles. The van der Waals surface area contributed by atoms with Crippen LogP contribution in [-0.2, 0) is 6.54 Å². The molecular weight excluding hydrogens is 186 g/mol. The van der Waals surface area contributed by atoms with E-state index in [4.69, 9.17) is 5.73 Å². The molecule has 0 spiro atoms. The molecule has 1 rings (SSSR count). The summed E-state index contributed by atoms with van der Waals surface area (Å²) >= 11 is 0. The maximum Gasteiger partial charge on any atom is 0.0441 e. The molecule has 0 bridgehead atoms. The summed E-state index contributed by atoms with van der Waals surface area (Å²) in [6, 6.07) is 2.06. The van der Waals surface area contributed by atoms with Crippen molar-refractivity contribution in [2.75, 3.05) is 5.32 Å². The Balaban J connectivity index is 3.15. The minimum atomic E-state index is 0.0458. The van der Waals surface area contributed by atoms with Crippen molar-refractivity contribution in [2.24, 2.45) is 5.73 Å². The maximum absolute atomic E-state index is 5.74. The van der Waals surface area contributed by atoms with Gasteiger partial charge in [-0.1, -0.05) is 0 Å². The van der Waals surface area contributed by atoms with Crippen molar-refractivity contribution in [2.45, 2.75) is 46.7 Å². The second kappa shape index (κ2) is 4.19. The number of hydrogen-bond donors (Lipinski definition) is 2. The lowest BCUT2D eigenvalue weighted by Crippen LogP contribution is -2.27. The molecule has 0 atom stereocenters. The lowest BCUT2D eigenvalue weighted by Gasteiger charge is -2.24. The summed E-state index contributed by atoms with van der Waals surface area (Å²) in [5.41, 5.74) is 10.0. The molecule has 0 fully saturated rings. The van der Waals surface area contributed by atoms with Crippen LogP contribution in [0.3, 0.4) is 0 Å². The van der Waals surface area contributed by atoms with Crippen molar-refractivity contribution in [1.29, 1.82) is 0 Å². The molecule has 15 heavy (non-hydrogen) atoms. The zero-order chi connectivity index (χ0) is 11.6. The van der Waals surface area contributed by atoms with E-state index in [1.165, 1.54) is 0 Å². The Morgan fingerprint density at radius 3 is 2.40 bits per heavy atom. The van der Waals surface area contributed by atoms with Crippen LogP contribution in [0.2, 0.25) is 0 Å². The quantitative estimate of drug-likeness (QED) is 0.782. The minimum Gasteiger partial charge on any atom is -0.380 e. The van der Waals surface area contributed by atoms with Crippen molar-refractivity contribution in [3.63, 3.8) is 0 Å². The van der Waals surface area contributed by atoms with E-state index in [1.54, 1.807) is 0 Å². The van der Waals surface area contributed by atoms with Crippen molar-refractivity contribution in [3.8, 4) is 0 Å². The SMILES string of the molecule is Cc1cc(NC(C)(C)C)c(CN)c(C)n1. The highest BCUT2D eigenvalue weighted by atomic mass is 15.0. The highest BCUT2D eigenvalue weighted by Crippen LogP contribution is 2.22. The first-order chi connectivity index (χ1) is 6.83. The molecule has 0 aliphatic rings. The Bertz CT molecular complexity index is 351. The van der Waals surface area contributed by atoms with E-state index < -0.39 is 0 Å². The number of anilines is 1. The monoisotopic (exact) mass is 207 g/mol. The number of pyridine rings is 1. The molecule has 1 aromatic rings. The molecule has 0 aliphatic carbocycles. The third kappa shape index (κ3) is 3.20. The van der Waals surface area contributed by atoms with Gasteiger partial charge in [-0.3, -0.25) is 4.98 Å². The Morgan fingerprint density at radius 1 is 1.33 bits per heavy atom. The van der Waals surface area contributed by atoms with Crippen LogP contribution >= 0.6 is 0 Å². The predicted octanol–water partition coefficient (Wildman–Crippen LogP) is 2.37. The molecule has 1 aromatic heterocycles. The third-order valence-electron chi connectivity index (χ3n) is 2.17. The third-order valence-corrected chi connectivity index (χ3v) is 2.17. The van der Waals surface area contributed by atoms with E-state index >= 15 is 0 Å². The Kier molecular flexibility index (Phi) is 3.35. The van der Waals surface area contributed by atoms with E-state index in [0.29, 0.717) is 6.54 Å². The highest BCUT2D eigenvalue weighted by molar-refractivity contribution is 5.55. The highest BCUT2D eigenvalue weighted by Gasteiger charge is 2.13. The normalized spacial score (nSPS) is 11.6. The lowest BCUT2D eigenvalue weighted by atomic mass is 10.1. The zero-order valence-electron chi connectivity index (χ0n) is 10.3. The van der Waals surface area contributed by atoms with Crippen molar-refractivity contribution in [1.82, 2.24) is 4.98 Å². The number of nitrogens with two attached hydrogens (primary N) is 1. The van der Waals surface area contributed by atoms with Gasteiger partial charge in [0, 0.05) is 34.7 Å². The van der Waals surface area contributed by atoms with Gasteiger partial charge in [0.2, 0.25) is 0 Å². The second-order valence-corrected chi connectivity index (χ2v) is 4.95. The number of nitrogens with zero attached hydrogens (tertiary/aromatic N) is 1. The fourth-order valence-electron chi connectivity index (χ4n) is 1.63. The molecule has 0 saturated carbocycles. The van der Waals surface area contributed by atoms with Crippen LogP contribution in [0.1, 0.15) is 37.7 Å². The molecule has 0 aliphatic heterocycles. The molecular formula is C12H21N3. The van der Waals surface area contributed by atoms with Gasteiger partial charge in [0.15, 0.2) is 0 Å². The Morgan fingerprint density at radius 2 is 1.93 bits per heavy atom. The molecule has 3 nitrogen and oxygen atoms in total. The number of rotatable bonds is 2. The number of aryl methyl sites for hydroxylation is 2. The Labute approximate surface area is 92.1 Å². The first-order valence-electron chi connectivity index (χ1n) is 5.29. The molecule has 0 unspecified atom stereocenters.